The maximum Gasteiger partial charge on any atom is 0.264 e. The third-order valence-electron chi connectivity index (χ3n) is 9.27. The van der Waals surface area contributed by atoms with Crippen LogP contribution >= 0.6 is 0 Å². The van der Waals surface area contributed by atoms with Gasteiger partial charge in [-0.2, -0.15) is 8.42 Å². The number of carbonyl (C=O) groups excluding carboxylic acids is 1. The smallest absolute Gasteiger partial charge is 0.264 e. The molecule has 0 aromatic heterocycles. The van der Waals surface area contributed by atoms with Crippen molar-refractivity contribution in [1.82, 2.24) is 0 Å². The summed E-state index contributed by atoms with van der Waals surface area (Å²) < 4.78 is 28.0. The van der Waals surface area contributed by atoms with Crippen LogP contribution in [0.15, 0.2) is 11.6 Å². The molecule has 0 N–H and O–H groups in total. The zero-order valence-electron chi connectivity index (χ0n) is 17.9. The first-order valence-corrected chi connectivity index (χ1v) is 12.9. The molecule has 0 spiro atoms. The maximum atomic E-state index is 12.0. The van der Waals surface area contributed by atoms with Gasteiger partial charge in [-0.3, -0.25) is 8.98 Å². The highest BCUT2D eigenvalue weighted by Crippen LogP contribution is 2.67. The number of hydrogen-bond donors (Lipinski definition) is 0. The summed E-state index contributed by atoms with van der Waals surface area (Å²) >= 11 is 0. The lowest BCUT2D eigenvalue weighted by Gasteiger charge is -2.58. The minimum Gasteiger partial charge on any atom is -0.295 e. The van der Waals surface area contributed by atoms with Gasteiger partial charge in [0.1, 0.15) is 0 Å². The molecule has 28 heavy (non-hydrogen) atoms. The third-order valence-corrected chi connectivity index (χ3v) is 9.83. The zero-order chi connectivity index (χ0) is 20.3. The van der Waals surface area contributed by atoms with E-state index in [9.17, 15) is 13.2 Å². The molecule has 4 nitrogen and oxygen atoms in total. The normalized spacial score (nSPS) is 44.3. The van der Waals surface area contributed by atoms with Gasteiger partial charge in [-0.1, -0.05) is 26.3 Å². The zero-order valence-corrected chi connectivity index (χ0v) is 18.7. The van der Waals surface area contributed by atoms with Crippen LogP contribution in [0.1, 0.15) is 72.1 Å². The average Bonchev–Trinajstić information content (AvgIpc) is 2.97. The number of allylic oxidation sites excluding steroid dienone is 1. The number of rotatable bonds is 4. The van der Waals surface area contributed by atoms with Crippen molar-refractivity contribution in [3.63, 3.8) is 0 Å². The SMILES string of the molecule is CC(COS(C)(=O)=O)[C@H]1CC[C@H]2[C@@H]3CCC4=CC(=O)CC[C@]4(C)[C@H]3CC[C@]12C. The fraction of sp³-hybridized carbons (Fsp3) is 0.870. The summed E-state index contributed by atoms with van der Waals surface area (Å²) in [5.41, 5.74) is 1.95. The van der Waals surface area contributed by atoms with Gasteiger partial charge in [0, 0.05) is 6.42 Å². The molecule has 4 aliphatic carbocycles. The van der Waals surface area contributed by atoms with Gasteiger partial charge in [-0.05, 0) is 91.4 Å². The van der Waals surface area contributed by atoms with E-state index in [0.717, 1.165) is 30.9 Å². The van der Waals surface area contributed by atoms with Crippen LogP contribution in [0.5, 0.6) is 0 Å². The maximum absolute atomic E-state index is 12.0. The molecule has 4 rings (SSSR count). The molecule has 0 aliphatic heterocycles. The lowest BCUT2D eigenvalue weighted by Crippen LogP contribution is -2.51. The van der Waals surface area contributed by atoms with Crippen LogP contribution in [-0.2, 0) is 19.1 Å². The Morgan fingerprint density at radius 3 is 2.57 bits per heavy atom. The number of fused-ring (bicyclic) bond motifs is 5. The van der Waals surface area contributed by atoms with E-state index in [0.29, 0.717) is 36.1 Å². The van der Waals surface area contributed by atoms with Gasteiger partial charge < -0.3 is 0 Å². The van der Waals surface area contributed by atoms with Crippen LogP contribution in [0.3, 0.4) is 0 Å². The van der Waals surface area contributed by atoms with Crippen LogP contribution in [0, 0.1) is 40.4 Å². The highest BCUT2D eigenvalue weighted by molar-refractivity contribution is 7.85. The largest absolute Gasteiger partial charge is 0.295 e. The monoisotopic (exact) mass is 408 g/mol. The van der Waals surface area contributed by atoms with E-state index in [1.165, 1.54) is 37.7 Å². The lowest BCUT2D eigenvalue weighted by molar-refractivity contribution is -0.117. The molecule has 0 bridgehead atoms. The van der Waals surface area contributed by atoms with Gasteiger partial charge in [0.15, 0.2) is 5.78 Å². The van der Waals surface area contributed by atoms with E-state index in [-0.39, 0.29) is 11.3 Å². The summed E-state index contributed by atoms with van der Waals surface area (Å²) in [5, 5.41) is 0. The van der Waals surface area contributed by atoms with Crippen LogP contribution in [0.4, 0.5) is 0 Å². The quantitative estimate of drug-likeness (QED) is 0.630. The van der Waals surface area contributed by atoms with E-state index in [2.05, 4.69) is 20.8 Å². The topological polar surface area (TPSA) is 60.4 Å². The Morgan fingerprint density at radius 1 is 1.11 bits per heavy atom. The van der Waals surface area contributed by atoms with E-state index in [1.54, 1.807) is 0 Å². The third kappa shape index (κ3) is 3.30. The number of hydrogen-bond acceptors (Lipinski definition) is 4. The van der Waals surface area contributed by atoms with Crippen molar-refractivity contribution in [2.45, 2.75) is 72.1 Å². The van der Waals surface area contributed by atoms with Crippen LogP contribution in [-0.4, -0.2) is 27.1 Å². The van der Waals surface area contributed by atoms with Crippen LogP contribution < -0.4 is 0 Å². The van der Waals surface area contributed by atoms with Gasteiger partial charge in [-0.25, -0.2) is 0 Å². The molecule has 0 aromatic rings. The highest BCUT2D eigenvalue weighted by Gasteiger charge is 2.59. The molecular formula is C23H36O4S. The fourth-order valence-electron chi connectivity index (χ4n) is 7.88. The second-order valence-corrected chi connectivity index (χ2v) is 12.3. The Hall–Kier alpha value is -0.680. The van der Waals surface area contributed by atoms with Crippen molar-refractivity contribution in [3.05, 3.63) is 11.6 Å². The molecule has 0 saturated heterocycles. The molecular weight excluding hydrogens is 372 g/mol. The van der Waals surface area contributed by atoms with Crippen LogP contribution in [0.25, 0.3) is 0 Å². The molecule has 3 fully saturated rings. The van der Waals surface area contributed by atoms with Gasteiger partial charge in [0.25, 0.3) is 10.1 Å². The van der Waals surface area contributed by atoms with E-state index >= 15 is 0 Å². The van der Waals surface area contributed by atoms with Gasteiger partial charge in [-0.15, -0.1) is 0 Å². The second-order valence-electron chi connectivity index (χ2n) is 10.7. The summed E-state index contributed by atoms with van der Waals surface area (Å²) in [4.78, 5) is 12.0. The van der Waals surface area contributed by atoms with Crippen molar-refractivity contribution < 1.29 is 17.4 Å². The van der Waals surface area contributed by atoms with Crippen molar-refractivity contribution in [3.8, 4) is 0 Å². The summed E-state index contributed by atoms with van der Waals surface area (Å²) in [6.07, 6.45) is 12.1. The average molecular weight is 409 g/mol. The molecule has 0 amide bonds. The molecule has 7 atom stereocenters. The van der Waals surface area contributed by atoms with Crippen molar-refractivity contribution in [2.75, 3.05) is 12.9 Å². The molecule has 0 heterocycles. The Morgan fingerprint density at radius 2 is 1.86 bits per heavy atom. The van der Waals surface area contributed by atoms with E-state index in [1.807, 2.05) is 6.08 Å². The summed E-state index contributed by atoms with van der Waals surface area (Å²) in [6, 6.07) is 0. The first kappa shape index (κ1) is 20.6. The number of ketones is 1. The van der Waals surface area contributed by atoms with Gasteiger partial charge in [0.2, 0.25) is 0 Å². The summed E-state index contributed by atoms with van der Waals surface area (Å²) in [6.45, 7) is 7.39. The number of carbonyl (C=O) groups is 1. The van der Waals surface area contributed by atoms with E-state index in [4.69, 9.17) is 4.18 Å². The molecule has 4 aliphatic rings. The first-order chi connectivity index (χ1) is 13.0. The van der Waals surface area contributed by atoms with Crippen molar-refractivity contribution >= 4 is 15.9 Å². The van der Waals surface area contributed by atoms with Crippen LogP contribution in [0.2, 0.25) is 0 Å². The van der Waals surface area contributed by atoms with Gasteiger partial charge >= 0.3 is 0 Å². The Kier molecular flexibility index (Phi) is 5.10. The molecule has 0 aromatic carbocycles. The fourth-order valence-corrected chi connectivity index (χ4v) is 8.34. The summed E-state index contributed by atoms with van der Waals surface area (Å²) in [5.74, 6) is 3.32. The molecule has 3 saturated carbocycles. The van der Waals surface area contributed by atoms with Gasteiger partial charge in [0.05, 0.1) is 12.9 Å². The standard InChI is InChI=1S/C23H36O4S/c1-15(14-27-28(4,25)26)19-7-8-20-18-6-5-16-13-17(24)9-11-22(16,2)21(18)10-12-23(19,20)3/h13,15,18-21H,5-12,14H2,1-4H3/t15?,18-,19+,20-,21-,22-,23+/m0/s1. The minimum atomic E-state index is -3.38. The second kappa shape index (κ2) is 6.94. The molecule has 5 heteroatoms. The molecule has 0 radical (unpaired) electrons. The Balaban J connectivity index is 1.54. The van der Waals surface area contributed by atoms with E-state index < -0.39 is 10.1 Å². The minimum absolute atomic E-state index is 0.223. The van der Waals surface area contributed by atoms with Crippen molar-refractivity contribution in [1.29, 1.82) is 0 Å². The predicted molar refractivity (Wildman–Crippen MR) is 110 cm³/mol. The Bertz CT molecular complexity index is 784. The Labute approximate surface area is 170 Å². The lowest BCUT2D eigenvalue weighted by atomic mass is 9.46. The van der Waals surface area contributed by atoms with Crippen molar-refractivity contribution in [2.24, 2.45) is 40.4 Å². The highest BCUT2D eigenvalue weighted by atomic mass is 32.2. The first-order valence-electron chi connectivity index (χ1n) is 11.1. The molecule has 1 unspecified atom stereocenters. The molecule has 158 valence electrons. The summed E-state index contributed by atoms with van der Waals surface area (Å²) in [7, 11) is -3.38. The predicted octanol–water partition coefficient (Wildman–Crippen LogP) is 4.75.